The second kappa shape index (κ2) is 5.64. The average Bonchev–Trinajstić information content (AvgIpc) is 2.79. The molecule has 0 aromatic rings. The first-order valence-corrected chi connectivity index (χ1v) is 9.65. The fourth-order valence-corrected chi connectivity index (χ4v) is 9.20. The molecule has 18 heavy (non-hydrogen) atoms. The maximum absolute atomic E-state index is 9.80. The maximum atomic E-state index is 9.80. The number of rotatable bonds is 7. The van der Waals surface area contributed by atoms with Crippen molar-refractivity contribution >= 4 is 8.32 Å². The topological polar surface area (TPSA) is 29.5 Å². The molecule has 108 valence electrons. The van der Waals surface area contributed by atoms with Crippen molar-refractivity contribution in [2.24, 2.45) is 5.92 Å². The van der Waals surface area contributed by atoms with E-state index in [1.165, 1.54) is 0 Å². The van der Waals surface area contributed by atoms with Crippen LogP contribution in [0.1, 0.15) is 61.3 Å². The van der Waals surface area contributed by atoms with Crippen molar-refractivity contribution in [3.63, 3.8) is 0 Å². The third-order valence-corrected chi connectivity index (χ3v) is 11.0. The molecule has 1 aliphatic carbocycles. The van der Waals surface area contributed by atoms with E-state index in [-0.39, 0.29) is 0 Å². The van der Waals surface area contributed by atoms with E-state index in [0.717, 1.165) is 19.4 Å². The Kier molecular flexibility index (Phi) is 5.07. The van der Waals surface area contributed by atoms with Gasteiger partial charge in [-0.25, -0.2) is 0 Å². The normalized spacial score (nSPS) is 28.5. The van der Waals surface area contributed by atoms with Gasteiger partial charge in [0.2, 0.25) is 0 Å². The Hall–Kier alpha value is 0.137. The lowest BCUT2D eigenvalue weighted by Crippen LogP contribution is -2.48. The largest absolute Gasteiger partial charge is 0.416 e. The minimum atomic E-state index is -1.69. The Morgan fingerprint density at radius 2 is 1.50 bits per heavy atom. The molecule has 1 fully saturated rings. The summed E-state index contributed by atoms with van der Waals surface area (Å²) in [6.07, 6.45) is 1.98. The van der Waals surface area contributed by atoms with Gasteiger partial charge in [-0.05, 0) is 42.3 Å². The van der Waals surface area contributed by atoms with Gasteiger partial charge in [0.15, 0.2) is 8.32 Å². The summed E-state index contributed by atoms with van der Waals surface area (Å²) in [5.74, 6) is 0.468. The minimum Gasteiger partial charge on any atom is -0.416 e. The Bertz CT molecular complexity index is 250. The average molecular weight is 273 g/mol. The highest BCUT2D eigenvalue weighted by molar-refractivity contribution is 6.77. The standard InChI is InChI=1S/C15H32O2Si/c1-11(2)18(12(3)4,13(5)6)17-9-8-14-10-15(14,7)16/h11-14,16H,8-10H2,1-7H3/t14-,15-/m1/s1. The van der Waals surface area contributed by atoms with Gasteiger partial charge in [-0.3, -0.25) is 0 Å². The van der Waals surface area contributed by atoms with Gasteiger partial charge in [-0.2, -0.15) is 0 Å². The highest BCUT2D eigenvalue weighted by atomic mass is 28.4. The van der Waals surface area contributed by atoms with Crippen molar-refractivity contribution in [3.8, 4) is 0 Å². The summed E-state index contributed by atoms with van der Waals surface area (Å²) in [5.41, 5.74) is 1.55. The second-order valence-corrected chi connectivity index (χ2v) is 12.7. The fourth-order valence-electron chi connectivity index (χ4n) is 3.73. The first kappa shape index (κ1) is 16.2. The lowest BCUT2D eigenvalue weighted by molar-refractivity contribution is 0.142. The smallest absolute Gasteiger partial charge is 0.200 e. The molecule has 0 aromatic heterocycles. The zero-order valence-electron chi connectivity index (χ0n) is 13.3. The molecule has 3 heteroatoms. The van der Waals surface area contributed by atoms with E-state index >= 15 is 0 Å². The summed E-state index contributed by atoms with van der Waals surface area (Å²) in [7, 11) is -1.69. The van der Waals surface area contributed by atoms with Gasteiger partial charge in [0.05, 0.1) is 5.60 Å². The van der Waals surface area contributed by atoms with Crippen LogP contribution in [0.5, 0.6) is 0 Å². The molecule has 0 unspecified atom stereocenters. The molecule has 0 aromatic carbocycles. The molecule has 0 heterocycles. The highest BCUT2D eigenvalue weighted by Crippen LogP contribution is 2.46. The van der Waals surface area contributed by atoms with Gasteiger partial charge in [-0.1, -0.05) is 41.5 Å². The zero-order valence-corrected chi connectivity index (χ0v) is 14.3. The predicted octanol–water partition coefficient (Wildman–Crippen LogP) is 4.34. The molecule has 1 aliphatic rings. The Morgan fingerprint density at radius 3 is 1.78 bits per heavy atom. The van der Waals surface area contributed by atoms with E-state index in [4.69, 9.17) is 4.43 Å². The van der Waals surface area contributed by atoms with Gasteiger partial charge in [-0.15, -0.1) is 0 Å². The lowest BCUT2D eigenvalue weighted by Gasteiger charge is -2.42. The van der Waals surface area contributed by atoms with E-state index in [1.54, 1.807) is 0 Å². The van der Waals surface area contributed by atoms with Gasteiger partial charge < -0.3 is 9.53 Å². The Labute approximate surface area is 114 Å². The molecule has 2 atom stereocenters. The van der Waals surface area contributed by atoms with Crippen LogP contribution in [0.25, 0.3) is 0 Å². The summed E-state index contributed by atoms with van der Waals surface area (Å²) in [4.78, 5) is 0. The van der Waals surface area contributed by atoms with Crippen LogP contribution in [-0.4, -0.2) is 25.6 Å². The summed E-state index contributed by atoms with van der Waals surface area (Å²) in [5, 5.41) is 9.80. The maximum Gasteiger partial charge on any atom is 0.200 e. The molecule has 1 N–H and O–H groups in total. The monoisotopic (exact) mass is 272 g/mol. The van der Waals surface area contributed by atoms with Crippen molar-refractivity contribution in [2.75, 3.05) is 6.61 Å². The highest BCUT2D eigenvalue weighted by Gasteiger charge is 2.49. The molecule has 0 amide bonds. The van der Waals surface area contributed by atoms with Gasteiger partial charge in [0.25, 0.3) is 0 Å². The molecule has 0 saturated heterocycles. The summed E-state index contributed by atoms with van der Waals surface area (Å²) in [6.45, 7) is 16.7. The van der Waals surface area contributed by atoms with Crippen molar-refractivity contribution < 1.29 is 9.53 Å². The minimum absolute atomic E-state index is 0.402. The van der Waals surface area contributed by atoms with Crippen LogP contribution in [0.4, 0.5) is 0 Å². The Morgan fingerprint density at radius 1 is 1.11 bits per heavy atom. The molecule has 0 spiro atoms. The summed E-state index contributed by atoms with van der Waals surface area (Å²) in [6, 6.07) is 0. The fraction of sp³-hybridized carbons (Fsp3) is 1.00. The van der Waals surface area contributed by atoms with Crippen LogP contribution >= 0.6 is 0 Å². The summed E-state index contributed by atoms with van der Waals surface area (Å²) < 4.78 is 6.49. The van der Waals surface area contributed by atoms with Crippen LogP contribution in [0.3, 0.4) is 0 Å². The molecule has 1 saturated carbocycles. The van der Waals surface area contributed by atoms with Gasteiger partial charge >= 0.3 is 0 Å². The van der Waals surface area contributed by atoms with Gasteiger partial charge in [0.1, 0.15) is 0 Å². The third-order valence-electron chi connectivity index (χ3n) is 4.90. The van der Waals surface area contributed by atoms with Crippen molar-refractivity contribution in [2.45, 2.75) is 83.5 Å². The Balaban J connectivity index is 2.56. The van der Waals surface area contributed by atoms with Crippen LogP contribution in [0, 0.1) is 5.92 Å². The third kappa shape index (κ3) is 3.17. The van der Waals surface area contributed by atoms with Crippen molar-refractivity contribution in [1.82, 2.24) is 0 Å². The summed E-state index contributed by atoms with van der Waals surface area (Å²) >= 11 is 0. The molecular formula is C15H32O2Si. The lowest BCUT2D eigenvalue weighted by atomic mass is 10.2. The van der Waals surface area contributed by atoms with Crippen LogP contribution in [0.15, 0.2) is 0 Å². The quantitative estimate of drug-likeness (QED) is 0.699. The number of aliphatic hydroxyl groups is 1. The second-order valence-electron chi connectivity index (χ2n) is 7.21. The van der Waals surface area contributed by atoms with Crippen LogP contribution in [0.2, 0.25) is 16.6 Å². The number of hydrogen-bond acceptors (Lipinski definition) is 2. The van der Waals surface area contributed by atoms with E-state index in [2.05, 4.69) is 41.5 Å². The van der Waals surface area contributed by atoms with E-state index in [1.807, 2.05) is 6.92 Å². The molecule has 2 nitrogen and oxygen atoms in total. The molecule has 0 radical (unpaired) electrons. The molecule has 0 bridgehead atoms. The molecule has 0 aliphatic heterocycles. The van der Waals surface area contributed by atoms with Gasteiger partial charge in [0, 0.05) is 6.61 Å². The zero-order chi connectivity index (χ0) is 14.1. The first-order chi connectivity index (χ1) is 8.14. The number of hydrogen-bond donors (Lipinski definition) is 1. The first-order valence-electron chi connectivity index (χ1n) is 7.51. The van der Waals surface area contributed by atoms with E-state index in [0.29, 0.717) is 22.5 Å². The molecular weight excluding hydrogens is 240 g/mol. The van der Waals surface area contributed by atoms with Crippen molar-refractivity contribution in [1.29, 1.82) is 0 Å². The predicted molar refractivity (Wildman–Crippen MR) is 80.3 cm³/mol. The van der Waals surface area contributed by atoms with Crippen LogP contribution in [-0.2, 0) is 4.43 Å². The van der Waals surface area contributed by atoms with Crippen molar-refractivity contribution in [3.05, 3.63) is 0 Å². The van der Waals surface area contributed by atoms with E-state index < -0.39 is 13.9 Å². The SMILES string of the molecule is CC(C)[Si](OCC[C@@H]1C[C@@]1(C)O)(C(C)C)C(C)C. The van der Waals surface area contributed by atoms with E-state index in [9.17, 15) is 5.11 Å². The molecule has 1 rings (SSSR count). The van der Waals surface area contributed by atoms with Crippen LogP contribution < -0.4 is 0 Å².